The highest BCUT2D eigenvalue weighted by Crippen LogP contribution is 2.30. The summed E-state index contributed by atoms with van der Waals surface area (Å²) in [5, 5.41) is 6.93. The highest BCUT2D eigenvalue weighted by molar-refractivity contribution is 6.04. The van der Waals surface area contributed by atoms with Crippen molar-refractivity contribution in [1.29, 1.82) is 0 Å². The SMILES string of the molecule is Cc1ccccc1C(=O)Nc1onc2c1C[C@H](C)CC2. The molecule has 3 rings (SSSR count). The number of fused-ring (bicyclic) bond motifs is 1. The third kappa shape index (κ3) is 2.33. The van der Waals surface area contributed by atoms with Crippen LogP contribution in [0.4, 0.5) is 5.88 Å². The first kappa shape index (κ1) is 12.9. The highest BCUT2D eigenvalue weighted by Gasteiger charge is 2.24. The van der Waals surface area contributed by atoms with Crippen LogP contribution in [0.1, 0.15) is 40.5 Å². The largest absolute Gasteiger partial charge is 0.338 e. The number of carbonyl (C=O) groups excluding carboxylic acids is 1. The van der Waals surface area contributed by atoms with Gasteiger partial charge in [-0.2, -0.15) is 0 Å². The zero-order valence-corrected chi connectivity index (χ0v) is 11.8. The number of benzene rings is 1. The molecule has 1 aromatic carbocycles. The van der Waals surface area contributed by atoms with Crippen molar-refractivity contribution in [2.24, 2.45) is 5.92 Å². The van der Waals surface area contributed by atoms with Crippen LogP contribution < -0.4 is 5.32 Å². The molecule has 0 aliphatic heterocycles. The van der Waals surface area contributed by atoms with E-state index in [4.69, 9.17) is 4.52 Å². The molecule has 4 heteroatoms. The van der Waals surface area contributed by atoms with E-state index in [9.17, 15) is 4.79 Å². The van der Waals surface area contributed by atoms with Gasteiger partial charge in [0.05, 0.1) is 5.69 Å². The topological polar surface area (TPSA) is 55.1 Å². The van der Waals surface area contributed by atoms with Crippen LogP contribution in [-0.2, 0) is 12.8 Å². The molecule has 0 saturated heterocycles. The van der Waals surface area contributed by atoms with E-state index in [0.717, 1.165) is 36.1 Å². The molecule has 0 unspecified atom stereocenters. The molecule has 1 aromatic heterocycles. The molecule has 104 valence electrons. The predicted octanol–water partition coefficient (Wildman–Crippen LogP) is 3.36. The Morgan fingerprint density at radius 3 is 3.00 bits per heavy atom. The van der Waals surface area contributed by atoms with Crippen molar-refractivity contribution in [1.82, 2.24) is 5.16 Å². The van der Waals surface area contributed by atoms with Gasteiger partial charge in [-0.1, -0.05) is 30.3 Å². The summed E-state index contributed by atoms with van der Waals surface area (Å²) in [5.74, 6) is 0.982. The number of rotatable bonds is 2. The molecule has 0 bridgehead atoms. The average molecular weight is 270 g/mol. The second kappa shape index (κ2) is 5.12. The fraction of sp³-hybridized carbons (Fsp3) is 0.375. The molecule has 1 aliphatic rings. The summed E-state index contributed by atoms with van der Waals surface area (Å²) in [6, 6.07) is 7.52. The fourth-order valence-electron chi connectivity index (χ4n) is 2.68. The molecule has 20 heavy (non-hydrogen) atoms. The standard InChI is InChI=1S/C16H18N2O2/c1-10-7-8-14-13(9-10)16(20-18-14)17-15(19)12-6-4-3-5-11(12)2/h3-6,10H,7-9H2,1-2H3,(H,17,19)/t10-/m1/s1. The van der Waals surface area contributed by atoms with E-state index >= 15 is 0 Å². The summed E-state index contributed by atoms with van der Waals surface area (Å²) < 4.78 is 5.32. The van der Waals surface area contributed by atoms with Gasteiger partial charge in [0, 0.05) is 11.1 Å². The minimum absolute atomic E-state index is 0.139. The van der Waals surface area contributed by atoms with Gasteiger partial charge in [0.25, 0.3) is 5.91 Å². The number of aromatic nitrogens is 1. The number of nitrogens with zero attached hydrogens (tertiary/aromatic N) is 1. The summed E-state index contributed by atoms with van der Waals surface area (Å²) in [5.41, 5.74) is 3.67. The smallest absolute Gasteiger partial charge is 0.258 e. The Balaban J connectivity index is 1.84. The monoisotopic (exact) mass is 270 g/mol. The van der Waals surface area contributed by atoms with Crippen molar-refractivity contribution in [3.8, 4) is 0 Å². The molecule has 0 spiro atoms. The second-order valence-corrected chi connectivity index (χ2v) is 5.55. The highest BCUT2D eigenvalue weighted by atomic mass is 16.5. The van der Waals surface area contributed by atoms with Crippen LogP contribution in [0.3, 0.4) is 0 Å². The summed E-state index contributed by atoms with van der Waals surface area (Å²) in [7, 11) is 0. The Hall–Kier alpha value is -2.10. The Morgan fingerprint density at radius 1 is 1.40 bits per heavy atom. The molecule has 1 aliphatic carbocycles. The average Bonchev–Trinajstić information content (AvgIpc) is 2.82. The Bertz CT molecular complexity index is 646. The van der Waals surface area contributed by atoms with Gasteiger partial charge in [-0.05, 0) is 43.7 Å². The van der Waals surface area contributed by atoms with Crippen molar-refractivity contribution in [3.63, 3.8) is 0 Å². The zero-order valence-electron chi connectivity index (χ0n) is 11.8. The zero-order chi connectivity index (χ0) is 14.1. The second-order valence-electron chi connectivity index (χ2n) is 5.55. The van der Waals surface area contributed by atoms with Crippen LogP contribution in [0, 0.1) is 12.8 Å². The van der Waals surface area contributed by atoms with Crippen LogP contribution >= 0.6 is 0 Å². The van der Waals surface area contributed by atoms with Crippen molar-refractivity contribution in [2.45, 2.75) is 33.1 Å². The van der Waals surface area contributed by atoms with E-state index < -0.39 is 0 Å². The Morgan fingerprint density at radius 2 is 2.20 bits per heavy atom. The van der Waals surface area contributed by atoms with Gasteiger partial charge in [-0.3, -0.25) is 10.1 Å². The molecule has 4 nitrogen and oxygen atoms in total. The van der Waals surface area contributed by atoms with E-state index in [-0.39, 0.29) is 5.91 Å². The van der Waals surface area contributed by atoms with Crippen molar-refractivity contribution in [2.75, 3.05) is 5.32 Å². The summed E-state index contributed by atoms with van der Waals surface area (Å²) >= 11 is 0. The molecular weight excluding hydrogens is 252 g/mol. The maximum Gasteiger partial charge on any atom is 0.258 e. The molecule has 2 aromatic rings. The lowest BCUT2D eigenvalue weighted by Gasteiger charge is -2.16. The molecule has 0 fully saturated rings. The van der Waals surface area contributed by atoms with Crippen LogP contribution in [0.5, 0.6) is 0 Å². The normalized spacial score (nSPS) is 17.6. The van der Waals surface area contributed by atoms with Gasteiger partial charge in [-0.25, -0.2) is 0 Å². The summed E-state index contributed by atoms with van der Waals surface area (Å²) in [6.07, 6.45) is 2.98. The first-order valence-corrected chi connectivity index (χ1v) is 6.99. The van der Waals surface area contributed by atoms with Gasteiger partial charge in [0.2, 0.25) is 5.88 Å². The Labute approximate surface area is 118 Å². The molecule has 1 amide bonds. The molecule has 0 saturated carbocycles. The molecular formula is C16H18N2O2. The molecule has 1 N–H and O–H groups in total. The summed E-state index contributed by atoms with van der Waals surface area (Å²) in [4.78, 5) is 12.3. The number of amides is 1. The maximum absolute atomic E-state index is 12.3. The minimum Gasteiger partial charge on any atom is -0.338 e. The van der Waals surface area contributed by atoms with Gasteiger partial charge in [0.15, 0.2) is 0 Å². The van der Waals surface area contributed by atoms with E-state index in [2.05, 4.69) is 17.4 Å². The third-order valence-corrected chi connectivity index (χ3v) is 3.91. The van der Waals surface area contributed by atoms with Crippen LogP contribution in [0.2, 0.25) is 0 Å². The lowest BCUT2D eigenvalue weighted by molar-refractivity contribution is 0.102. The predicted molar refractivity (Wildman–Crippen MR) is 76.8 cm³/mol. The molecule has 1 heterocycles. The first-order valence-electron chi connectivity index (χ1n) is 6.99. The van der Waals surface area contributed by atoms with Crippen molar-refractivity contribution in [3.05, 3.63) is 46.6 Å². The van der Waals surface area contributed by atoms with E-state index in [1.54, 1.807) is 0 Å². The van der Waals surface area contributed by atoms with E-state index in [1.807, 2.05) is 31.2 Å². The van der Waals surface area contributed by atoms with Gasteiger partial charge < -0.3 is 4.52 Å². The van der Waals surface area contributed by atoms with E-state index in [0.29, 0.717) is 17.4 Å². The number of carbonyl (C=O) groups is 1. The quantitative estimate of drug-likeness (QED) is 0.910. The van der Waals surface area contributed by atoms with Crippen LogP contribution in [0.25, 0.3) is 0 Å². The Kier molecular flexibility index (Phi) is 3.30. The van der Waals surface area contributed by atoms with Gasteiger partial charge >= 0.3 is 0 Å². The number of anilines is 1. The van der Waals surface area contributed by atoms with Crippen molar-refractivity contribution >= 4 is 11.8 Å². The van der Waals surface area contributed by atoms with Crippen LogP contribution in [0.15, 0.2) is 28.8 Å². The summed E-state index contributed by atoms with van der Waals surface area (Å²) in [6.45, 7) is 4.13. The maximum atomic E-state index is 12.3. The lowest BCUT2D eigenvalue weighted by atomic mass is 9.89. The van der Waals surface area contributed by atoms with Gasteiger partial charge in [0.1, 0.15) is 0 Å². The third-order valence-electron chi connectivity index (χ3n) is 3.91. The fourth-order valence-corrected chi connectivity index (χ4v) is 2.68. The van der Waals surface area contributed by atoms with Crippen molar-refractivity contribution < 1.29 is 9.32 Å². The minimum atomic E-state index is -0.139. The number of hydrogen-bond acceptors (Lipinski definition) is 3. The van der Waals surface area contributed by atoms with Gasteiger partial charge in [-0.15, -0.1) is 0 Å². The molecule has 0 radical (unpaired) electrons. The number of hydrogen-bond donors (Lipinski definition) is 1. The van der Waals surface area contributed by atoms with Crippen LogP contribution in [-0.4, -0.2) is 11.1 Å². The molecule has 1 atom stereocenters. The first-order chi connectivity index (χ1) is 9.65. The number of aryl methyl sites for hydroxylation is 2. The number of nitrogens with one attached hydrogen (secondary N) is 1. The lowest BCUT2D eigenvalue weighted by Crippen LogP contribution is -2.16. The van der Waals surface area contributed by atoms with E-state index in [1.165, 1.54) is 0 Å².